The lowest BCUT2D eigenvalue weighted by Crippen LogP contribution is -2.29. The highest BCUT2D eigenvalue weighted by molar-refractivity contribution is 7.18. The van der Waals surface area contributed by atoms with Gasteiger partial charge in [0.25, 0.3) is 11.8 Å². The minimum Gasteiger partial charge on any atom is -0.459 e. The zero-order valence-corrected chi connectivity index (χ0v) is 16.9. The Morgan fingerprint density at radius 2 is 1.83 bits per heavy atom. The quantitative estimate of drug-likeness (QED) is 0.436. The van der Waals surface area contributed by atoms with Crippen molar-refractivity contribution < 1.29 is 28.3 Å². The van der Waals surface area contributed by atoms with Crippen molar-refractivity contribution in [2.75, 3.05) is 10.6 Å². The highest BCUT2D eigenvalue weighted by atomic mass is 32.1. The van der Waals surface area contributed by atoms with Crippen LogP contribution in [0.5, 0.6) is 0 Å². The first-order valence-electron chi connectivity index (χ1n) is 8.91. The molecule has 0 radical (unpaired) electrons. The number of hydrogen-bond acceptors (Lipinski definition) is 7. The second kappa shape index (κ2) is 9.19. The second-order valence-corrected chi connectivity index (χ2v) is 7.35. The van der Waals surface area contributed by atoms with E-state index in [1.54, 1.807) is 36.4 Å². The van der Waals surface area contributed by atoms with Crippen LogP contribution in [0.1, 0.15) is 44.4 Å². The topological polar surface area (TPSA) is 115 Å². The monoisotopic (exact) mass is 426 g/mol. The Hall–Kier alpha value is -3.72. The van der Waals surface area contributed by atoms with Gasteiger partial charge in [0.1, 0.15) is 4.88 Å². The summed E-state index contributed by atoms with van der Waals surface area (Å²) in [7, 11) is 0. The maximum absolute atomic E-state index is 12.3. The summed E-state index contributed by atoms with van der Waals surface area (Å²) in [4.78, 5) is 48.3. The van der Waals surface area contributed by atoms with Crippen molar-refractivity contribution in [3.8, 4) is 0 Å². The second-order valence-electron chi connectivity index (χ2n) is 6.27. The van der Waals surface area contributed by atoms with Crippen molar-refractivity contribution in [1.82, 2.24) is 0 Å². The number of carbonyl (C=O) groups excluding carboxylic acids is 4. The number of esters is 1. The summed E-state index contributed by atoms with van der Waals surface area (Å²) >= 11 is 1.01. The molecule has 3 aromatic rings. The van der Waals surface area contributed by atoms with Crippen molar-refractivity contribution in [2.24, 2.45) is 0 Å². The highest BCUT2D eigenvalue weighted by Crippen LogP contribution is 2.24. The summed E-state index contributed by atoms with van der Waals surface area (Å²) in [5.74, 6) is -1.65. The summed E-state index contributed by atoms with van der Waals surface area (Å²) in [6.07, 6.45) is 0.316. The molecule has 0 fully saturated rings. The molecular formula is C21H18N2O6S. The number of anilines is 2. The average Bonchev–Trinajstić information content (AvgIpc) is 3.40. The van der Waals surface area contributed by atoms with Gasteiger partial charge in [-0.3, -0.25) is 14.4 Å². The summed E-state index contributed by atoms with van der Waals surface area (Å²) in [6.45, 7) is 2.87. The van der Waals surface area contributed by atoms with Crippen molar-refractivity contribution in [3.05, 3.63) is 71.0 Å². The van der Waals surface area contributed by atoms with E-state index in [1.807, 2.05) is 0 Å². The fourth-order valence-corrected chi connectivity index (χ4v) is 3.21. The molecule has 3 rings (SSSR count). The molecule has 0 aliphatic heterocycles. The number of ether oxygens (including phenoxy) is 1. The van der Waals surface area contributed by atoms with Crippen LogP contribution in [0.15, 0.2) is 59.2 Å². The molecule has 154 valence electrons. The molecule has 2 aromatic heterocycles. The van der Waals surface area contributed by atoms with Crippen LogP contribution < -0.4 is 10.6 Å². The van der Waals surface area contributed by atoms with Gasteiger partial charge in [-0.15, -0.1) is 11.3 Å². The Balaban J connectivity index is 1.57. The number of nitrogens with one attached hydrogen (secondary N) is 2. The van der Waals surface area contributed by atoms with Crippen LogP contribution >= 0.6 is 11.3 Å². The molecule has 2 N–H and O–H groups in total. The van der Waals surface area contributed by atoms with Crippen LogP contribution in [0.4, 0.5) is 10.7 Å². The number of rotatable bonds is 7. The fraction of sp³-hybridized carbons (Fsp3) is 0.143. The fourth-order valence-electron chi connectivity index (χ4n) is 2.43. The maximum atomic E-state index is 12.3. The Morgan fingerprint density at radius 3 is 2.53 bits per heavy atom. The summed E-state index contributed by atoms with van der Waals surface area (Å²) in [5, 5.41) is 5.65. The van der Waals surface area contributed by atoms with E-state index in [9.17, 15) is 19.2 Å². The third kappa shape index (κ3) is 5.21. The van der Waals surface area contributed by atoms with Crippen LogP contribution in [-0.4, -0.2) is 29.7 Å². The number of amides is 2. The molecule has 8 nitrogen and oxygen atoms in total. The third-order valence-corrected chi connectivity index (χ3v) is 4.96. The zero-order chi connectivity index (χ0) is 21.7. The third-order valence-electron chi connectivity index (χ3n) is 3.98. The lowest BCUT2D eigenvalue weighted by molar-refractivity contribution is -0.123. The average molecular weight is 426 g/mol. The van der Waals surface area contributed by atoms with Gasteiger partial charge >= 0.3 is 5.97 Å². The molecule has 2 amide bonds. The molecular weight excluding hydrogens is 408 g/mol. The molecule has 2 heterocycles. The Kier molecular flexibility index (Phi) is 6.43. The molecule has 0 aliphatic rings. The van der Waals surface area contributed by atoms with Gasteiger partial charge in [-0.05, 0) is 50.2 Å². The van der Waals surface area contributed by atoms with Crippen molar-refractivity contribution >= 4 is 45.6 Å². The molecule has 1 atom stereocenters. The predicted octanol–water partition coefficient (Wildman–Crippen LogP) is 3.98. The molecule has 0 aliphatic carbocycles. The summed E-state index contributed by atoms with van der Waals surface area (Å²) in [6, 6.07) is 12.6. The molecule has 0 saturated carbocycles. The van der Waals surface area contributed by atoms with E-state index >= 15 is 0 Å². The zero-order valence-electron chi connectivity index (χ0n) is 16.1. The highest BCUT2D eigenvalue weighted by Gasteiger charge is 2.21. The van der Waals surface area contributed by atoms with E-state index in [0.29, 0.717) is 16.3 Å². The van der Waals surface area contributed by atoms with E-state index in [1.165, 1.54) is 32.2 Å². The number of furan rings is 1. The SMILES string of the molecule is CC(=O)c1cccc(NC(=O)C(C)OC(=O)c2ccc(NC(=O)c3ccco3)s2)c1. The predicted molar refractivity (Wildman–Crippen MR) is 111 cm³/mol. The number of benzene rings is 1. The lowest BCUT2D eigenvalue weighted by atomic mass is 10.1. The van der Waals surface area contributed by atoms with Gasteiger partial charge in [0, 0.05) is 11.3 Å². The van der Waals surface area contributed by atoms with Crippen molar-refractivity contribution in [2.45, 2.75) is 20.0 Å². The van der Waals surface area contributed by atoms with E-state index in [0.717, 1.165) is 11.3 Å². The maximum Gasteiger partial charge on any atom is 0.349 e. The van der Waals surface area contributed by atoms with Gasteiger partial charge in [0.05, 0.1) is 11.3 Å². The van der Waals surface area contributed by atoms with Crippen LogP contribution in [-0.2, 0) is 9.53 Å². The lowest BCUT2D eigenvalue weighted by Gasteiger charge is -2.13. The van der Waals surface area contributed by atoms with E-state index in [4.69, 9.17) is 9.15 Å². The number of thiophene rings is 1. The van der Waals surface area contributed by atoms with E-state index < -0.39 is 23.9 Å². The van der Waals surface area contributed by atoms with Gasteiger partial charge in [-0.2, -0.15) is 0 Å². The number of hydrogen-bond donors (Lipinski definition) is 2. The minimum absolute atomic E-state index is 0.127. The minimum atomic E-state index is -1.07. The van der Waals surface area contributed by atoms with Gasteiger partial charge in [0.15, 0.2) is 17.6 Å². The smallest absolute Gasteiger partial charge is 0.349 e. The van der Waals surface area contributed by atoms with Crippen LogP contribution in [0, 0.1) is 0 Å². The number of ketones is 1. The molecule has 1 aromatic carbocycles. The van der Waals surface area contributed by atoms with Crippen molar-refractivity contribution in [3.63, 3.8) is 0 Å². The van der Waals surface area contributed by atoms with Crippen LogP contribution in [0.3, 0.4) is 0 Å². The first kappa shape index (κ1) is 21.0. The van der Waals surface area contributed by atoms with Gasteiger partial charge in [-0.25, -0.2) is 4.79 Å². The normalized spacial score (nSPS) is 11.4. The number of carbonyl (C=O) groups is 4. The Labute approximate surface area is 175 Å². The van der Waals surface area contributed by atoms with Crippen LogP contribution in [0.2, 0.25) is 0 Å². The molecule has 0 bridgehead atoms. The van der Waals surface area contributed by atoms with E-state index in [2.05, 4.69) is 10.6 Å². The van der Waals surface area contributed by atoms with E-state index in [-0.39, 0.29) is 16.4 Å². The first-order valence-corrected chi connectivity index (χ1v) is 9.72. The first-order chi connectivity index (χ1) is 14.3. The molecule has 30 heavy (non-hydrogen) atoms. The van der Waals surface area contributed by atoms with Gasteiger partial charge < -0.3 is 19.8 Å². The standard InChI is InChI=1S/C21H18N2O6S/c1-12(24)14-5-3-6-15(11-14)22-19(25)13(2)29-21(27)17-8-9-18(30-17)23-20(26)16-7-4-10-28-16/h3-11,13H,1-2H3,(H,22,25)(H,23,26). The molecule has 1 unspecified atom stereocenters. The Bertz CT molecular complexity index is 1090. The summed E-state index contributed by atoms with van der Waals surface area (Å²) < 4.78 is 10.2. The van der Waals surface area contributed by atoms with Crippen molar-refractivity contribution in [1.29, 1.82) is 0 Å². The summed E-state index contributed by atoms with van der Waals surface area (Å²) in [5.41, 5.74) is 0.884. The Morgan fingerprint density at radius 1 is 1.03 bits per heavy atom. The van der Waals surface area contributed by atoms with Gasteiger partial charge in [-0.1, -0.05) is 12.1 Å². The van der Waals surface area contributed by atoms with Gasteiger partial charge in [0.2, 0.25) is 0 Å². The molecule has 0 saturated heterocycles. The largest absolute Gasteiger partial charge is 0.459 e. The number of Topliss-reactive ketones (excluding diaryl/α,β-unsaturated/α-hetero) is 1. The van der Waals surface area contributed by atoms with Crippen LogP contribution in [0.25, 0.3) is 0 Å². The molecule has 9 heteroatoms. The molecule has 0 spiro atoms.